The molecule has 0 radical (unpaired) electrons. The van der Waals surface area contributed by atoms with Crippen molar-refractivity contribution in [3.05, 3.63) is 0 Å². The van der Waals surface area contributed by atoms with E-state index >= 15 is 0 Å². The highest BCUT2D eigenvalue weighted by Crippen LogP contribution is 2.13. The van der Waals surface area contributed by atoms with Gasteiger partial charge in [-0.15, -0.1) is 0 Å². The average molecular weight is 246 g/mol. The number of nitrogens with zero attached hydrogens (tertiary/aromatic N) is 1. The van der Waals surface area contributed by atoms with Crippen LogP contribution in [0.3, 0.4) is 0 Å². The van der Waals surface area contributed by atoms with E-state index in [2.05, 4.69) is 17.1 Å². The quantitative estimate of drug-likeness (QED) is 0.772. The average Bonchev–Trinajstić information content (AvgIpc) is 2.76. The van der Waals surface area contributed by atoms with Gasteiger partial charge in [0.1, 0.15) is 0 Å². The second-order valence-electron chi connectivity index (χ2n) is 5.18. The fraction of sp³-hybridized carbons (Fsp3) is 1.00. The lowest BCUT2D eigenvalue weighted by molar-refractivity contribution is 0.289. The van der Waals surface area contributed by atoms with Crippen LogP contribution >= 0.6 is 0 Å². The van der Waals surface area contributed by atoms with E-state index in [4.69, 9.17) is 0 Å². The van der Waals surface area contributed by atoms with Gasteiger partial charge in [0.2, 0.25) is 0 Å². The second kappa shape index (κ2) is 5.02. The Bertz CT molecular complexity index is 323. The smallest absolute Gasteiger partial charge is 0.151 e. The van der Waals surface area contributed by atoms with E-state index in [9.17, 15) is 8.42 Å². The Morgan fingerprint density at radius 2 is 2.06 bits per heavy atom. The minimum atomic E-state index is -2.74. The Balaban J connectivity index is 1.73. The summed E-state index contributed by atoms with van der Waals surface area (Å²) in [6, 6.07) is 0.582. The number of nitrogens with one attached hydrogen (secondary N) is 1. The molecule has 2 saturated heterocycles. The highest BCUT2D eigenvalue weighted by atomic mass is 32.2. The van der Waals surface area contributed by atoms with Crippen molar-refractivity contribution in [1.82, 2.24) is 10.2 Å². The molecule has 0 spiro atoms. The Hall–Kier alpha value is -0.130. The Morgan fingerprint density at radius 1 is 1.38 bits per heavy atom. The molecule has 2 heterocycles. The van der Waals surface area contributed by atoms with Gasteiger partial charge in [0, 0.05) is 18.6 Å². The zero-order chi connectivity index (χ0) is 11.6. The van der Waals surface area contributed by atoms with Gasteiger partial charge in [-0.2, -0.15) is 0 Å². The molecule has 2 aliphatic rings. The maximum Gasteiger partial charge on any atom is 0.151 e. The summed E-state index contributed by atoms with van der Waals surface area (Å²) >= 11 is 0. The lowest BCUT2D eigenvalue weighted by Gasteiger charge is -2.23. The molecule has 2 unspecified atom stereocenters. The number of hydrogen-bond donors (Lipinski definition) is 1. The van der Waals surface area contributed by atoms with Gasteiger partial charge in [-0.3, -0.25) is 0 Å². The zero-order valence-corrected chi connectivity index (χ0v) is 10.8. The van der Waals surface area contributed by atoms with Crippen LogP contribution in [0.2, 0.25) is 0 Å². The van der Waals surface area contributed by atoms with Crippen LogP contribution in [0.5, 0.6) is 0 Å². The molecule has 0 saturated carbocycles. The minimum Gasteiger partial charge on any atom is -0.309 e. The predicted molar refractivity (Wildman–Crippen MR) is 65.3 cm³/mol. The SMILES string of the molecule is CC(CN1CCCC1)NC1CCS(=O)(=O)C1. The minimum absolute atomic E-state index is 0.183. The predicted octanol–water partition coefficient (Wildman–Crippen LogP) is 0.247. The van der Waals surface area contributed by atoms with E-state index in [-0.39, 0.29) is 6.04 Å². The molecular weight excluding hydrogens is 224 g/mol. The topological polar surface area (TPSA) is 49.4 Å². The molecule has 4 nitrogen and oxygen atoms in total. The van der Waals surface area contributed by atoms with Gasteiger partial charge < -0.3 is 10.2 Å². The second-order valence-corrected chi connectivity index (χ2v) is 7.40. The maximum absolute atomic E-state index is 11.3. The van der Waals surface area contributed by atoms with Crippen molar-refractivity contribution in [1.29, 1.82) is 0 Å². The van der Waals surface area contributed by atoms with E-state index in [1.165, 1.54) is 25.9 Å². The third kappa shape index (κ3) is 3.43. The molecule has 2 fully saturated rings. The molecule has 0 aromatic rings. The molecule has 0 aromatic heterocycles. The number of sulfone groups is 1. The summed E-state index contributed by atoms with van der Waals surface area (Å²) < 4.78 is 22.6. The molecule has 0 aliphatic carbocycles. The van der Waals surface area contributed by atoms with E-state index < -0.39 is 9.84 Å². The molecule has 0 bridgehead atoms. The fourth-order valence-electron chi connectivity index (χ4n) is 2.73. The lowest BCUT2D eigenvalue weighted by Crippen LogP contribution is -2.43. The van der Waals surface area contributed by atoms with E-state index in [1.54, 1.807) is 0 Å². The number of likely N-dealkylation sites (tertiary alicyclic amines) is 1. The van der Waals surface area contributed by atoms with Crippen molar-refractivity contribution < 1.29 is 8.42 Å². The van der Waals surface area contributed by atoms with E-state index in [0.717, 1.165) is 13.0 Å². The standard InChI is InChI=1S/C11H22N2O2S/c1-10(8-13-5-2-3-6-13)12-11-4-7-16(14,15)9-11/h10-12H,2-9H2,1H3. The summed E-state index contributed by atoms with van der Waals surface area (Å²) in [6.07, 6.45) is 3.40. The van der Waals surface area contributed by atoms with Crippen LogP contribution in [0, 0.1) is 0 Å². The van der Waals surface area contributed by atoms with Gasteiger partial charge in [0.25, 0.3) is 0 Å². The first kappa shape index (κ1) is 12.3. The van der Waals surface area contributed by atoms with Crippen LogP contribution in [0.4, 0.5) is 0 Å². The van der Waals surface area contributed by atoms with Crippen molar-refractivity contribution in [2.45, 2.75) is 38.3 Å². The maximum atomic E-state index is 11.3. The van der Waals surface area contributed by atoms with Gasteiger partial charge >= 0.3 is 0 Å². The van der Waals surface area contributed by atoms with E-state index in [0.29, 0.717) is 17.5 Å². The van der Waals surface area contributed by atoms with Crippen molar-refractivity contribution in [2.75, 3.05) is 31.1 Å². The highest BCUT2D eigenvalue weighted by molar-refractivity contribution is 7.91. The van der Waals surface area contributed by atoms with Crippen LogP contribution in [-0.2, 0) is 9.84 Å². The molecule has 0 aromatic carbocycles. The van der Waals surface area contributed by atoms with Crippen LogP contribution < -0.4 is 5.32 Å². The monoisotopic (exact) mass is 246 g/mol. The molecule has 16 heavy (non-hydrogen) atoms. The van der Waals surface area contributed by atoms with Crippen molar-refractivity contribution >= 4 is 9.84 Å². The first-order valence-electron chi connectivity index (χ1n) is 6.24. The molecule has 1 N–H and O–H groups in total. The molecule has 94 valence electrons. The van der Waals surface area contributed by atoms with Crippen LogP contribution in [-0.4, -0.2) is 56.5 Å². The summed E-state index contributed by atoms with van der Waals surface area (Å²) in [5.74, 6) is 0.693. The highest BCUT2D eigenvalue weighted by Gasteiger charge is 2.28. The summed E-state index contributed by atoms with van der Waals surface area (Å²) in [6.45, 7) is 5.61. The summed E-state index contributed by atoms with van der Waals surface area (Å²) in [5, 5.41) is 3.44. The first-order chi connectivity index (χ1) is 7.55. The van der Waals surface area contributed by atoms with Crippen LogP contribution in [0.1, 0.15) is 26.2 Å². The number of rotatable bonds is 4. The van der Waals surface area contributed by atoms with Crippen molar-refractivity contribution in [2.24, 2.45) is 0 Å². The molecular formula is C11H22N2O2S. The third-order valence-corrected chi connectivity index (χ3v) is 5.25. The molecule has 5 heteroatoms. The summed E-state index contributed by atoms with van der Waals surface area (Å²) in [7, 11) is -2.74. The first-order valence-corrected chi connectivity index (χ1v) is 8.06. The Kier molecular flexibility index (Phi) is 3.87. The van der Waals surface area contributed by atoms with Crippen molar-refractivity contribution in [3.63, 3.8) is 0 Å². The van der Waals surface area contributed by atoms with Crippen LogP contribution in [0.25, 0.3) is 0 Å². The normalized spacial score (nSPS) is 31.9. The Morgan fingerprint density at radius 3 is 2.62 bits per heavy atom. The zero-order valence-electron chi connectivity index (χ0n) is 9.98. The van der Waals surface area contributed by atoms with Gasteiger partial charge in [-0.25, -0.2) is 8.42 Å². The molecule has 2 aliphatic heterocycles. The molecule has 2 atom stereocenters. The Labute approximate surface area is 98.3 Å². The number of hydrogen-bond acceptors (Lipinski definition) is 4. The summed E-state index contributed by atoms with van der Waals surface area (Å²) in [4.78, 5) is 2.46. The van der Waals surface area contributed by atoms with Gasteiger partial charge in [0.15, 0.2) is 9.84 Å². The largest absolute Gasteiger partial charge is 0.309 e. The van der Waals surface area contributed by atoms with Gasteiger partial charge in [-0.05, 0) is 39.3 Å². The van der Waals surface area contributed by atoms with Crippen molar-refractivity contribution in [3.8, 4) is 0 Å². The molecule has 2 rings (SSSR count). The van der Waals surface area contributed by atoms with Crippen LogP contribution in [0.15, 0.2) is 0 Å². The molecule has 0 amide bonds. The van der Waals surface area contributed by atoms with Gasteiger partial charge in [-0.1, -0.05) is 0 Å². The lowest BCUT2D eigenvalue weighted by atomic mass is 10.2. The summed E-state index contributed by atoms with van der Waals surface area (Å²) in [5.41, 5.74) is 0. The fourth-order valence-corrected chi connectivity index (χ4v) is 4.42. The third-order valence-electron chi connectivity index (χ3n) is 3.48. The van der Waals surface area contributed by atoms with Gasteiger partial charge in [0.05, 0.1) is 11.5 Å². The van der Waals surface area contributed by atoms with E-state index in [1.807, 2.05) is 0 Å².